The highest BCUT2D eigenvalue weighted by Gasteiger charge is 2.36. The maximum atomic E-state index is 12.5. The molecule has 1 aliphatic heterocycles. The van der Waals surface area contributed by atoms with Crippen LogP contribution in [-0.2, 0) is 11.3 Å². The summed E-state index contributed by atoms with van der Waals surface area (Å²) in [4.78, 5) is 18.9. The lowest BCUT2D eigenvalue weighted by Crippen LogP contribution is -2.34. The maximum Gasteiger partial charge on any atom is 0.244 e. The fourth-order valence-electron chi connectivity index (χ4n) is 3.00. The first-order chi connectivity index (χ1) is 10.7. The first-order valence-electron chi connectivity index (χ1n) is 7.83. The molecule has 2 fully saturated rings. The molecule has 116 valence electrons. The average Bonchev–Trinajstić information content (AvgIpc) is 2.93. The third-order valence-electron chi connectivity index (χ3n) is 4.31. The molecule has 2 aromatic heterocycles. The van der Waals surface area contributed by atoms with E-state index in [0.717, 1.165) is 43.7 Å². The van der Waals surface area contributed by atoms with Gasteiger partial charge in [-0.1, -0.05) is 5.16 Å². The summed E-state index contributed by atoms with van der Waals surface area (Å²) in [7, 11) is 0. The van der Waals surface area contributed by atoms with Crippen LogP contribution in [0, 0.1) is 6.92 Å². The molecule has 22 heavy (non-hydrogen) atoms. The van der Waals surface area contributed by atoms with E-state index in [1.165, 1.54) is 0 Å². The van der Waals surface area contributed by atoms with E-state index in [1.807, 2.05) is 18.0 Å². The number of aryl methyl sites for hydroxylation is 1. The molecule has 0 spiro atoms. The third kappa shape index (κ3) is 2.51. The molecule has 7 heteroatoms. The molecule has 1 aliphatic carbocycles. The van der Waals surface area contributed by atoms with Crippen LogP contribution in [0.3, 0.4) is 0 Å². The van der Waals surface area contributed by atoms with Gasteiger partial charge in [0.15, 0.2) is 5.82 Å². The van der Waals surface area contributed by atoms with Gasteiger partial charge in [-0.3, -0.25) is 9.48 Å². The average molecular weight is 301 g/mol. The van der Waals surface area contributed by atoms with Crippen molar-refractivity contribution in [2.24, 2.45) is 0 Å². The molecule has 7 nitrogen and oxygen atoms in total. The molecule has 0 aromatic carbocycles. The molecule has 1 saturated heterocycles. The van der Waals surface area contributed by atoms with Gasteiger partial charge in [-0.2, -0.15) is 10.1 Å². The van der Waals surface area contributed by atoms with Crippen molar-refractivity contribution in [3.8, 4) is 0 Å². The van der Waals surface area contributed by atoms with Gasteiger partial charge < -0.3 is 9.42 Å². The second-order valence-corrected chi connectivity index (χ2v) is 6.23. The van der Waals surface area contributed by atoms with Crippen LogP contribution in [0.4, 0.5) is 0 Å². The van der Waals surface area contributed by atoms with Gasteiger partial charge in [-0.25, -0.2) is 0 Å². The van der Waals surface area contributed by atoms with E-state index < -0.39 is 0 Å². The Labute approximate surface area is 128 Å². The highest BCUT2D eigenvalue weighted by Crippen LogP contribution is 2.40. The zero-order chi connectivity index (χ0) is 15.1. The molecule has 4 rings (SSSR count). The number of rotatable bonds is 4. The lowest BCUT2D eigenvalue weighted by atomic mass is 10.2. The first kappa shape index (κ1) is 13.5. The van der Waals surface area contributed by atoms with Crippen LogP contribution in [0.1, 0.15) is 54.9 Å². The van der Waals surface area contributed by atoms with E-state index in [-0.39, 0.29) is 18.5 Å². The lowest BCUT2D eigenvalue weighted by Gasteiger charge is -2.22. The minimum absolute atomic E-state index is 0.0552. The Kier molecular flexibility index (Phi) is 3.20. The Hall–Kier alpha value is -2.18. The third-order valence-corrected chi connectivity index (χ3v) is 4.31. The quantitative estimate of drug-likeness (QED) is 0.860. The van der Waals surface area contributed by atoms with Gasteiger partial charge in [0.2, 0.25) is 11.8 Å². The Morgan fingerprint density at radius 1 is 1.41 bits per heavy atom. The summed E-state index contributed by atoms with van der Waals surface area (Å²) < 4.78 is 7.01. The summed E-state index contributed by atoms with van der Waals surface area (Å²) in [6.07, 6.45) is 7.77. The normalized spacial score (nSPS) is 21.5. The molecule has 3 heterocycles. The molecular weight excluding hydrogens is 282 g/mol. The number of hydrogen-bond donors (Lipinski definition) is 0. The number of likely N-dealkylation sites (tertiary alicyclic amines) is 1. The van der Waals surface area contributed by atoms with Crippen molar-refractivity contribution in [3.05, 3.63) is 29.7 Å². The summed E-state index contributed by atoms with van der Waals surface area (Å²) in [6, 6.07) is -0.0552. The van der Waals surface area contributed by atoms with E-state index in [9.17, 15) is 4.79 Å². The Balaban J connectivity index is 1.48. The van der Waals surface area contributed by atoms with Crippen LogP contribution >= 0.6 is 0 Å². The van der Waals surface area contributed by atoms with Crippen molar-refractivity contribution >= 4 is 5.91 Å². The van der Waals surface area contributed by atoms with Crippen molar-refractivity contribution in [1.29, 1.82) is 0 Å². The Bertz CT molecular complexity index is 688. The smallest absolute Gasteiger partial charge is 0.244 e. The number of hydrogen-bond acceptors (Lipinski definition) is 5. The highest BCUT2D eigenvalue weighted by atomic mass is 16.5. The van der Waals surface area contributed by atoms with Gasteiger partial charge in [0.1, 0.15) is 6.54 Å². The van der Waals surface area contributed by atoms with Gasteiger partial charge in [0.25, 0.3) is 0 Å². The van der Waals surface area contributed by atoms with E-state index in [4.69, 9.17) is 4.52 Å². The van der Waals surface area contributed by atoms with Gasteiger partial charge in [0, 0.05) is 18.7 Å². The minimum atomic E-state index is -0.0552. The largest absolute Gasteiger partial charge is 0.339 e. The van der Waals surface area contributed by atoms with Crippen LogP contribution < -0.4 is 0 Å². The molecule has 1 atom stereocenters. The number of carbonyl (C=O) groups excluding carboxylic acids is 1. The fraction of sp³-hybridized carbons (Fsp3) is 0.600. The predicted molar refractivity (Wildman–Crippen MR) is 76.9 cm³/mol. The number of carbonyl (C=O) groups is 1. The maximum absolute atomic E-state index is 12.5. The van der Waals surface area contributed by atoms with Crippen molar-refractivity contribution in [2.75, 3.05) is 6.54 Å². The molecular formula is C15H19N5O2. The van der Waals surface area contributed by atoms with Crippen LogP contribution in [0.2, 0.25) is 0 Å². The van der Waals surface area contributed by atoms with Gasteiger partial charge in [-0.05, 0) is 38.2 Å². The molecule has 1 amide bonds. The summed E-state index contributed by atoms with van der Waals surface area (Å²) >= 11 is 0. The standard InChI is InChI=1S/C15H19N5O2/c1-10-7-16-19(8-10)9-13(21)20-6-2-3-12(20)14-17-15(22-18-14)11-4-5-11/h7-8,11-12H,2-6,9H2,1H3. The van der Waals surface area contributed by atoms with Crippen molar-refractivity contribution in [2.45, 2.75) is 51.1 Å². The molecule has 0 bridgehead atoms. The van der Waals surface area contributed by atoms with E-state index in [1.54, 1.807) is 10.9 Å². The summed E-state index contributed by atoms with van der Waals surface area (Å²) in [5.74, 6) is 1.89. The summed E-state index contributed by atoms with van der Waals surface area (Å²) in [5, 5.41) is 8.28. The lowest BCUT2D eigenvalue weighted by molar-refractivity contribution is -0.133. The van der Waals surface area contributed by atoms with Crippen LogP contribution in [-0.4, -0.2) is 37.3 Å². The minimum Gasteiger partial charge on any atom is -0.339 e. The second kappa shape index (κ2) is 5.23. The predicted octanol–water partition coefficient (Wildman–Crippen LogP) is 1.82. The Morgan fingerprint density at radius 2 is 2.27 bits per heavy atom. The van der Waals surface area contributed by atoms with Crippen molar-refractivity contribution in [1.82, 2.24) is 24.8 Å². The van der Waals surface area contributed by atoms with Crippen LogP contribution in [0.15, 0.2) is 16.9 Å². The topological polar surface area (TPSA) is 77.0 Å². The van der Waals surface area contributed by atoms with Crippen LogP contribution in [0.25, 0.3) is 0 Å². The SMILES string of the molecule is Cc1cnn(CC(=O)N2CCCC2c2noc(C3CC3)n2)c1. The van der Waals surface area contributed by atoms with Gasteiger partial charge in [-0.15, -0.1) is 0 Å². The molecule has 1 saturated carbocycles. The van der Waals surface area contributed by atoms with Gasteiger partial charge >= 0.3 is 0 Å². The molecule has 0 radical (unpaired) electrons. The number of amides is 1. The molecule has 2 aromatic rings. The van der Waals surface area contributed by atoms with E-state index in [0.29, 0.717) is 11.7 Å². The van der Waals surface area contributed by atoms with E-state index >= 15 is 0 Å². The van der Waals surface area contributed by atoms with Crippen LogP contribution in [0.5, 0.6) is 0 Å². The van der Waals surface area contributed by atoms with Crippen molar-refractivity contribution < 1.29 is 9.32 Å². The zero-order valence-electron chi connectivity index (χ0n) is 12.6. The first-order valence-corrected chi connectivity index (χ1v) is 7.83. The highest BCUT2D eigenvalue weighted by molar-refractivity contribution is 5.76. The molecule has 1 unspecified atom stereocenters. The monoisotopic (exact) mass is 301 g/mol. The van der Waals surface area contributed by atoms with E-state index in [2.05, 4.69) is 15.2 Å². The molecule has 2 aliphatic rings. The Morgan fingerprint density at radius 3 is 3.00 bits per heavy atom. The fourth-order valence-corrected chi connectivity index (χ4v) is 3.00. The van der Waals surface area contributed by atoms with Crippen molar-refractivity contribution in [3.63, 3.8) is 0 Å². The summed E-state index contributed by atoms with van der Waals surface area (Å²) in [6.45, 7) is 2.97. The zero-order valence-corrected chi connectivity index (χ0v) is 12.6. The number of aromatic nitrogens is 4. The molecule has 0 N–H and O–H groups in total. The van der Waals surface area contributed by atoms with Gasteiger partial charge in [0.05, 0.1) is 12.2 Å². The number of nitrogens with zero attached hydrogens (tertiary/aromatic N) is 5. The second-order valence-electron chi connectivity index (χ2n) is 6.23. The summed E-state index contributed by atoms with van der Waals surface area (Å²) in [5.41, 5.74) is 1.05.